The first kappa shape index (κ1) is 18.2. The Kier molecular flexibility index (Phi) is 5.04. The van der Waals surface area contributed by atoms with Crippen LogP contribution >= 0.6 is 0 Å². The van der Waals surface area contributed by atoms with Crippen LogP contribution in [0, 0.1) is 11.7 Å². The molecule has 3 aliphatic rings. The van der Waals surface area contributed by atoms with E-state index in [0.29, 0.717) is 25.1 Å². The molecule has 0 aromatic heterocycles. The second kappa shape index (κ2) is 7.46. The highest BCUT2D eigenvalue weighted by atomic mass is 19.1. The third kappa shape index (κ3) is 3.65. The zero-order valence-corrected chi connectivity index (χ0v) is 15.5. The van der Waals surface area contributed by atoms with Crippen LogP contribution in [0.5, 0.6) is 5.75 Å². The summed E-state index contributed by atoms with van der Waals surface area (Å²) in [7, 11) is 1.41. The van der Waals surface area contributed by atoms with E-state index in [1.54, 1.807) is 11.0 Å². The lowest BCUT2D eigenvalue weighted by atomic mass is 9.99. The standard InChI is InChI=1S/C20H25FN2O4/c1-26-17-5-4-13(8-16(17)21)9-19(24)23-11-14-10-15(18(12-23)27-14)20(25)22-6-2-3-7-22/h4-5,8,14-15,18H,2-3,6-7,9-12H2,1H3. The zero-order chi connectivity index (χ0) is 19.0. The van der Waals surface area contributed by atoms with Gasteiger partial charge in [-0.05, 0) is 37.0 Å². The molecule has 1 aromatic rings. The minimum Gasteiger partial charge on any atom is -0.494 e. The highest BCUT2D eigenvalue weighted by Gasteiger charge is 2.47. The molecule has 2 amide bonds. The van der Waals surface area contributed by atoms with Crippen molar-refractivity contribution < 1.29 is 23.5 Å². The maximum absolute atomic E-state index is 13.9. The van der Waals surface area contributed by atoms with Crippen molar-refractivity contribution >= 4 is 11.8 Å². The predicted molar refractivity (Wildman–Crippen MR) is 95.8 cm³/mol. The summed E-state index contributed by atoms with van der Waals surface area (Å²) >= 11 is 0. The largest absolute Gasteiger partial charge is 0.494 e. The summed E-state index contributed by atoms with van der Waals surface area (Å²) in [6.45, 7) is 2.59. The molecule has 27 heavy (non-hydrogen) atoms. The molecule has 3 atom stereocenters. The first-order chi connectivity index (χ1) is 13.0. The number of likely N-dealkylation sites (tertiary alicyclic amines) is 2. The van der Waals surface area contributed by atoms with E-state index in [-0.39, 0.29) is 42.1 Å². The first-order valence-electron chi connectivity index (χ1n) is 9.59. The van der Waals surface area contributed by atoms with Crippen molar-refractivity contribution in [3.8, 4) is 5.75 Å². The molecule has 3 unspecified atom stereocenters. The van der Waals surface area contributed by atoms with Crippen LogP contribution in [0.2, 0.25) is 0 Å². The lowest BCUT2D eigenvalue weighted by molar-refractivity contribution is -0.144. The third-order valence-corrected chi connectivity index (χ3v) is 5.82. The predicted octanol–water partition coefficient (Wildman–Crippen LogP) is 1.62. The highest BCUT2D eigenvalue weighted by Crippen LogP contribution is 2.34. The number of carbonyl (C=O) groups excluding carboxylic acids is 2. The van der Waals surface area contributed by atoms with Crippen molar-refractivity contribution in [1.29, 1.82) is 0 Å². The van der Waals surface area contributed by atoms with Gasteiger partial charge in [-0.1, -0.05) is 6.07 Å². The first-order valence-corrected chi connectivity index (χ1v) is 9.59. The summed E-state index contributed by atoms with van der Waals surface area (Å²) < 4.78 is 24.7. The van der Waals surface area contributed by atoms with Gasteiger partial charge >= 0.3 is 0 Å². The van der Waals surface area contributed by atoms with Gasteiger partial charge in [-0.15, -0.1) is 0 Å². The molecule has 6 nitrogen and oxygen atoms in total. The molecular weight excluding hydrogens is 351 g/mol. The smallest absolute Gasteiger partial charge is 0.228 e. The van der Waals surface area contributed by atoms with E-state index in [0.717, 1.165) is 25.9 Å². The van der Waals surface area contributed by atoms with Crippen LogP contribution in [0.4, 0.5) is 4.39 Å². The monoisotopic (exact) mass is 376 g/mol. The van der Waals surface area contributed by atoms with E-state index in [1.807, 2.05) is 4.90 Å². The molecule has 0 spiro atoms. The molecule has 4 rings (SSSR count). The Morgan fingerprint density at radius 1 is 1.22 bits per heavy atom. The van der Waals surface area contributed by atoms with Gasteiger partial charge in [0, 0.05) is 26.2 Å². The Balaban J connectivity index is 1.39. The van der Waals surface area contributed by atoms with E-state index >= 15 is 0 Å². The fraction of sp³-hybridized carbons (Fsp3) is 0.600. The normalized spacial score (nSPS) is 27.1. The minimum atomic E-state index is -0.471. The molecule has 3 saturated heterocycles. The van der Waals surface area contributed by atoms with Crippen LogP contribution in [0.3, 0.4) is 0 Å². The number of morpholine rings is 1. The Labute approximate surface area is 158 Å². The number of nitrogens with zero attached hydrogens (tertiary/aromatic N) is 2. The van der Waals surface area contributed by atoms with Crippen LogP contribution in [0.15, 0.2) is 18.2 Å². The molecule has 0 N–H and O–H groups in total. The van der Waals surface area contributed by atoms with Gasteiger partial charge < -0.3 is 19.3 Å². The number of hydrogen-bond donors (Lipinski definition) is 0. The van der Waals surface area contributed by atoms with Gasteiger partial charge in [0.05, 0.1) is 31.7 Å². The van der Waals surface area contributed by atoms with Gasteiger partial charge in [0.25, 0.3) is 0 Å². The van der Waals surface area contributed by atoms with E-state index < -0.39 is 5.82 Å². The number of carbonyl (C=O) groups is 2. The molecule has 2 bridgehead atoms. The van der Waals surface area contributed by atoms with Crippen molar-refractivity contribution in [2.24, 2.45) is 5.92 Å². The summed E-state index contributed by atoms with van der Waals surface area (Å²) in [6, 6.07) is 4.58. The fourth-order valence-electron chi connectivity index (χ4n) is 4.40. The lowest BCUT2D eigenvalue weighted by Gasteiger charge is -2.33. The van der Waals surface area contributed by atoms with E-state index in [1.165, 1.54) is 19.2 Å². The van der Waals surface area contributed by atoms with E-state index in [2.05, 4.69) is 0 Å². The van der Waals surface area contributed by atoms with Crippen molar-refractivity contribution in [2.75, 3.05) is 33.3 Å². The molecule has 3 fully saturated rings. The zero-order valence-electron chi connectivity index (χ0n) is 15.5. The average molecular weight is 376 g/mol. The SMILES string of the molecule is COc1ccc(CC(=O)N2CC3CC(C(=O)N4CCCC4)C(C2)O3)cc1F. The summed E-state index contributed by atoms with van der Waals surface area (Å²) in [4.78, 5) is 29.1. The van der Waals surface area contributed by atoms with Crippen LogP contribution in [0.25, 0.3) is 0 Å². The van der Waals surface area contributed by atoms with Gasteiger partial charge in [-0.25, -0.2) is 4.39 Å². The molecule has 0 radical (unpaired) electrons. The summed E-state index contributed by atoms with van der Waals surface area (Å²) in [5.41, 5.74) is 0.613. The molecule has 3 heterocycles. The third-order valence-electron chi connectivity index (χ3n) is 5.82. The summed E-state index contributed by atoms with van der Waals surface area (Å²) in [5.74, 6) is -0.344. The Bertz CT molecular complexity index is 735. The van der Waals surface area contributed by atoms with E-state index in [4.69, 9.17) is 9.47 Å². The fourth-order valence-corrected chi connectivity index (χ4v) is 4.40. The Hall–Kier alpha value is -2.15. The van der Waals surface area contributed by atoms with Gasteiger partial charge in [0.1, 0.15) is 0 Å². The number of rotatable bonds is 4. The van der Waals surface area contributed by atoms with Gasteiger partial charge in [0.2, 0.25) is 11.8 Å². The van der Waals surface area contributed by atoms with Crippen molar-refractivity contribution in [3.63, 3.8) is 0 Å². The van der Waals surface area contributed by atoms with Crippen molar-refractivity contribution in [2.45, 2.75) is 37.9 Å². The molecule has 0 saturated carbocycles. The van der Waals surface area contributed by atoms with Gasteiger partial charge in [-0.2, -0.15) is 0 Å². The maximum Gasteiger partial charge on any atom is 0.228 e. The number of methoxy groups -OCH3 is 1. The van der Waals surface area contributed by atoms with E-state index in [9.17, 15) is 14.0 Å². The molecule has 7 heteroatoms. The number of benzene rings is 1. The van der Waals surface area contributed by atoms with Crippen LogP contribution in [0.1, 0.15) is 24.8 Å². The number of hydrogen-bond acceptors (Lipinski definition) is 4. The molecule has 3 aliphatic heterocycles. The second-order valence-electron chi connectivity index (χ2n) is 7.62. The molecule has 0 aliphatic carbocycles. The lowest BCUT2D eigenvalue weighted by Crippen LogP contribution is -2.48. The minimum absolute atomic E-state index is 0.0628. The van der Waals surface area contributed by atoms with Crippen molar-refractivity contribution in [1.82, 2.24) is 9.80 Å². The topological polar surface area (TPSA) is 59.1 Å². The average Bonchev–Trinajstić information content (AvgIpc) is 3.29. The number of ether oxygens (including phenoxy) is 2. The van der Waals surface area contributed by atoms with Crippen LogP contribution in [-0.4, -0.2) is 67.1 Å². The van der Waals surface area contributed by atoms with Gasteiger partial charge in [-0.3, -0.25) is 9.59 Å². The summed E-state index contributed by atoms with van der Waals surface area (Å²) in [6.07, 6.45) is 2.63. The van der Waals surface area contributed by atoms with Crippen LogP contribution < -0.4 is 4.74 Å². The van der Waals surface area contributed by atoms with Crippen LogP contribution in [-0.2, 0) is 20.7 Å². The highest BCUT2D eigenvalue weighted by molar-refractivity contribution is 5.81. The molecular formula is C20H25FN2O4. The van der Waals surface area contributed by atoms with Gasteiger partial charge in [0.15, 0.2) is 11.6 Å². The number of halogens is 1. The Morgan fingerprint density at radius 2 is 2.00 bits per heavy atom. The van der Waals surface area contributed by atoms with Crippen molar-refractivity contribution in [3.05, 3.63) is 29.6 Å². The number of fused-ring (bicyclic) bond motifs is 2. The number of amides is 2. The maximum atomic E-state index is 13.9. The molecule has 146 valence electrons. The Morgan fingerprint density at radius 3 is 2.70 bits per heavy atom. The quantitative estimate of drug-likeness (QED) is 0.801. The summed E-state index contributed by atoms with van der Waals surface area (Å²) in [5, 5.41) is 0. The second-order valence-corrected chi connectivity index (χ2v) is 7.62. The molecule has 1 aromatic carbocycles.